The van der Waals surface area contributed by atoms with E-state index >= 15 is 0 Å². The summed E-state index contributed by atoms with van der Waals surface area (Å²) in [6.45, 7) is 6.99. The van der Waals surface area contributed by atoms with E-state index in [1.807, 2.05) is 0 Å². The highest BCUT2D eigenvalue weighted by Crippen LogP contribution is 2.08. The fraction of sp³-hybridized carbons (Fsp3) is 0.400. The quantitative estimate of drug-likeness (QED) is 0.607. The van der Waals surface area contributed by atoms with Crippen molar-refractivity contribution >= 4 is 11.9 Å². The van der Waals surface area contributed by atoms with E-state index in [9.17, 15) is 9.59 Å². The lowest BCUT2D eigenvalue weighted by Crippen LogP contribution is -2.37. The molecule has 0 rings (SSSR count). The summed E-state index contributed by atoms with van der Waals surface area (Å²) in [7, 11) is 2.50. The molecule has 0 aromatic heterocycles. The SMILES string of the molecule is C=CN(C=C)[C@@H](CC(=O)OC)C(=O)OC. The van der Waals surface area contributed by atoms with Crippen LogP contribution >= 0.6 is 0 Å². The number of hydrogen-bond donors (Lipinski definition) is 0. The van der Waals surface area contributed by atoms with E-state index in [4.69, 9.17) is 0 Å². The van der Waals surface area contributed by atoms with Gasteiger partial charge in [-0.3, -0.25) is 4.79 Å². The van der Waals surface area contributed by atoms with Gasteiger partial charge in [-0.1, -0.05) is 13.2 Å². The van der Waals surface area contributed by atoms with Gasteiger partial charge in [0, 0.05) is 0 Å². The second-order valence-electron chi connectivity index (χ2n) is 2.63. The lowest BCUT2D eigenvalue weighted by Gasteiger charge is -2.23. The molecule has 5 heteroatoms. The zero-order valence-corrected chi connectivity index (χ0v) is 8.93. The summed E-state index contributed by atoms with van der Waals surface area (Å²) in [5.74, 6) is -1.04. The van der Waals surface area contributed by atoms with Crippen LogP contribution < -0.4 is 0 Å². The van der Waals surface area contributed by atoms with Crippen molar-refractivity contribution in [1.29, 1.82) is 0 Å². The average Bonchev–Trinajstić information content (AvgIpc) is 2.27. The molecule has 0 N–H and O–H groups in total. The molecule has 84 valence electrons. The fourth-order valence-electron chi connectivity index (χ4n) is 1.02. The number of nitrogens with zero attached hydrogens (tertiary/aromatic N) is 1. The molecule has 0 unspecified atom stereocenters. The van der Waals surface area contributed by atoms with E-state index in [1.165, 1.54) is 31.5 Å². The van der Waals surface area contributed by atoms with Gasteiger partial charge < -0.3 is 14.4 Å². The van der Waals surface area contributed by atoms with Crippen molar-refractivity contribution < 1.29 is 19.1 Å². The predicted molar refractivity (Wildman–Crippen MR) is 54.7 cm³/mol. The van der Waals surface area contributed by atoms with Gasteiger partial charge in [-0.25, -0.2) is 4.79 Å². The molecule has 1 atom stereocenters. The van der Waals surface area contributed by atoms with E-state index in [0.29, 0.717) is 0 Å². The summed E-state index contributed by atoms with van der Waals surface area (Å²) < 4.78 is 9.03. The molecule has 0 spiro atoms. The lowest BCUT2D eigenvalue weighted by molar-refractivity contribution is -0.151. The molecule has 0 aliphatic rings. The highest BCUT2D eigenvalue weighted by Gasteiger charge is 2.26. The monoisotopic (exact) mass is 213 g/mol. The molecule has 0 aliphatic heterocycles. The van der Waals surface area contributed by atoms with Crippen LogP contribution in [0.3, 0.4) is 0 Å². The van der Waals surface area contributed by atoms with Crippen molar-refractivity contribution in [2.24, 2.45) is 0 Å². The van der Waals surface area contributed by atoms with E-state index in [2.05, 4.69) is 22.6 Å². The molecule has 0 aliphatic carbocycles. The van der Waals surface area contributed by atoms with Crippen LogP contribution in [0.4, 0.5) is 0 Å². The largest absolute Gasteiger partial charge is 0.469 e. The molecule has 0 amide bonds. The smallest absolute Gasteiger partial charge is 0.329 e. The summed E-state index contributed by atoms with van der Waals surface area (Å²) >= 11 is 0. The van der Waals surface area contributed by atoms with Crippen molar-refractivity contribution in [3.63, 3.8) is 0 Å². The maximum atomic E-state index is 11.4. The van der Waals surface area contributed by atoms with E-state index in [0.717, 1.165) is 0 Å². The van der Waals surface area contributed by atoms with Gasteiger partial charge in [0.05, 0.1) is 20.6 Å². The van der Waals surface area contributed by atoms with Gasteiger partial charge in [-0.2, -0.15) is 0 Å². The van der Waals surface area contributed by atoms with E-state index in [1.54, 1.807) is 0 Å². The first-order chi connectivity index (χ1) is 7.10. The molecule has 0 aromatic carbocycles. The number of hydrogen-bond acceptors (Lipinski definition) is 5. The normalized spacial score (nSPS) is 11.1. The van der Waals surface area contributed by atoms with Gasteiger partial charge in [0.15, 0.2) is 0 Å². The Kier molecular flexibility index (Phi) is 5.85. The molecule has 0 saturated carbocycles. The Morgan fingerprint density at radius 1 is 1.27 bits per heavy atom. The molecule has 15 heavy (non-hydrogen) atoms. The Morgan fingerprint density at radius 2 is 1.80 bits per heavy atom. The Bertz CT molecular complexity index is 254. The molecular formula is C10H15NO4. The maximum Gasteiger partial charge on any atom is 0.329 e. The van der Waals surface area contributed by atoms with Crippen LogP contribution in [0.25, 0.3) is 0 Å². The number of carbonyl (C=O) groups excluding carboxylic acids is 2. The second-order valence-corrected chi connectivity index (χ2v) is 2.63. The first-order valence-electron chi connectivity index (χ1n) is 4.27. The standard InChI is InChI=1S/C10H15NO4/c1-5-11(6-2)8(10(13)15-4)7-9(12)14-3/h5-6,8H,1-2,7H2,3-4H3/t8-/m0/s1. The predicted octanol–water partition coefficient (Wildman–Crippen LogP) is 0.680. The highest BCUT2D eigenvalue weighted by atomic mass is 16.5. The van der Waals surface area contributed by atoms with Crippen LogP contribution in [0.5, 0.6) is 0 Å². The Hall–Kier alpha value is -1.78. The van der Waals surface area contributed by atoms with Crippen LogP contribution in [0.15, 0.2) is 25.6 Å². The van der Waals surface area contributed by atoms with Gasteiger partial charge in [0.25, 0.3) is 0 Å². The zero-order valence-electron chi connectivity index (χ0n) is 8.93. The Balaban J connectivity index is 4.70. The third-order valence-electron chi connectivity index (χ3n) is 1.84. The van der Waals surface area contributed by atoms with Gasteiger partial charge in [-0.05, 0) is 12.4 Å². The third kappa shape index (κ3) is 3.84. The molecule has 0 heterocycles. The van der Waals surface area contributed by atoms with Gasteiger partial charge in [-0.15, -0.1) is 0 Å². The molecule has 5 nitrogen and oxygen atoms in total. The third-order valence-corrected chi connectivity index (χ3v) is 1.84. The number of esters is 2. The summed E-state index contributed by atoms with van der Waals surface area (Å²) in [5, 5.41) is 0. The summed E-state index contributed by atoms with van der Waals surface area (Å²) in [6, 6.07) is -0.780. The number of methoxy groups -OCH3 is 2. The summed E-state index contributed by atoms with van der Waals surface area (Å²) in [4.78, 5) is 23.8. The van der Waals surface area contributed by atoms with Crippen LogP contribution in [0, 0.1) is 0 Å². The number of rotatable bonds is 6. The minimum absolute atomic E-state index is 0.110. The van der Waals surface area contributed by atoms with Crippen molar-refractivity contribution in [1.82, 2.24) is 4.90 Å². The van der Waals surface area contributed by atoms with Crippen molar-refractivity contribution in [3.8, 4) is 0 Å². The van der Waals surface area contributed by atoms with Crippen molar-refractivity contribution in [2.45, 2.75) is 12.5 Å². The van der Waals surface area contributed by atoms with E-state index in [-0.39, 0.29) is 6.42 Å². The first-order valence-corrected chi connectivity index (χ1v) is 4.27. The van der Waals surface area contributed by atoms with Crippen LogP contribution in [0.1, 0.15) is 6.42 Å². The zero-order chi connectivity index (χ0) is 11.8. The van der Waals surface area contributed by atoms with Gasteiger partial charge in [0.1, 0.15) is 6.04 Å². The van der Waals surface area contributed by atoms with Gasteiger partial charge in [0.2, 0.25) is 0 Å². The van der Waals surface area contributed by atoms with Crippen LogP contribution in [-0.4, -0.2) is 37.1 Å². The summed E-state index contributed by atoms with van der Waals surface area (Å²) in [5.41, 5.74) is 0. The first kappa shape index (κ1) is 13.2. The number of ether oxygens (including phenoxy) is 2. The van der Waals surface area contributed by atoms with Crippen molar-refractivity contribution in [3.05, 3.63) is 25.6 Å². The summed E-state index contributed by atoms with van der Waals surface area (Å²) in [6.07, 6.45) is 2.66. The van der Waals surface area contributed by atoms with Crippen molar-refractivity contribution in [2.75, 3.05) is 14.2 Å². The number of carbonyl (C=O) groups is 2. The molecule has 0 fully saturated rings. The Labute approximate surface area is 89.0 Å². The second kappa shape index (κ2) is 6.64. The molecule has 0 radical (unpaired) electrons. The lowest BCUT2D eigenvalue weighted by atomic mass is 10.2. The topological polar surface area (TPSA) is 55.8 Å². The molecule has 0 bridgehead atoms. The molecule has 0 saturated heterocycles. The van der Waals surface area contributed by atoms with Gasteiger partial charge >= 0.3 is 11.9 Å². The maximum absolute atomic E-state index is 11.4. The minimum Gasteiger partial charge on any atom is -0.469 e. The average molecular weight is 213 g/mol. The van der Waals surface area contributed by atoms with Crippen LogP contribution in [-0.2, 0) is 19.1 Å². The Morgan fingerprint density at radius 3 is 2.13 bits per heavy atom. The molecular weight excluding hydrogens is 198 g/mol. The minimum atomic E-state index is -0.780. The highest BCUT2D eigenvalue weighted by molar-refractivity contribution is 5.82. The fourth-order valence-corrected chi connectivity index (χ4v) is 1.02. The van der Waals surface area contributed by atoms with Crippen LogP contribution in [0.2, 0.25) is 0 Å². The molecule has 0 aromatic rings. The van der Waals surface area contributed by atoms with E-state index < -0.39 is 18.0 Å².